The number of carbonyl (C=O) groups excluding carboxylic acids is 1. The number of hydrogen-bond acceptors (Lipinski definition) is 8. The Morgan fingerprint density at radius 1 is 1.24 bits per heavy atom. The predicted octanol–water partition coefficient (Wildman–Crippen LogP) is 3.43. The molecule has 2 aliphatic rings. The Kier molecular flexibility index (Phi) is 5.44. The smallest absolute Gasteiger partial charge is 0.338 e. The van der Waals surface area contributed by atoms with E-state index in [9.17, 15) is 4.79 Å². The SMILES string of the molecule is Cc1cc(-c2cc(CN3CC(C)N[C@H](c4ccc5c(c4C)COC5=O)C3)on2)ncc1C#N. The molecule has 2 atom stereocenters. The standard InChI is InChI=1S/C25H25N5O3/c1-14-6-22(27-9-17(14)8-26)23-7-18(33-29-23)11-30-10-15(2)28-24(12-30)19-4-5-20-21(16(19)3)13-32-25(20)31/h4-7,9,15,24,28H,10-13H2,1-3H3/t15?,24-/m0/s1. The third kappa shape index (κ3) is 4.01. The van der Waals surface area contributed by atoms with E-state index in [0.29, 0.717) is 41.7 Å². The minimum Gasteiger partial charge on any atom is -0.457 e. The first kappa shape index (κ1) is 21.3. The zero-order chi connectivity index (χ0) is 23.1. The van der Waals surface area contributed by atoms with Crippen molar-refractivity contribution < 1.29 is 14.1 Å². The zero-order valence-electron chi connectivity index (χ0n) is 18.9. The maximum absolute atomic E-state index is 11.9. The van der Waals surface area contributed by atoms with Crippen LogP contribution in [0.4, 0.5) is 0 Å². The third-order valence-electron chi connectivity index (χ3n) is 6.47. The number of rotatable bonds is 4. The highest BCUT2D eigenvalue weighted by atomic mass is 16.5. The van der Waals surface area contributed by atoms with E-state index in [1.165, 1.54) is 5.56 Å². The number of piperazine rings is 1. The lowest BCUT2D eigenvalue weighted by Crippen LogP contribution is -2.50. The molecule has 3 aromatic rings. The summed E-state index contributed by atoms with van der Waals surface area (Å²) in [5.41, 5.74) is 6.76. The number of nitrogens with zero attached hydrogens (tertiary/aromatic N) is 4. The molecule has 0 amide bonds. The molecule has 33 heavy (non-hydrogen) atoms. The Hall–Kier alpha value is -3.54. The van der Waals surface area contributed by atoms with Crippen molar-refractivity contribution in [2.24, 2.45) is 0 Å². The number of ether oxygens (including phenoxy) is 1. The molecule has 1 aromatic carbocycles. The van der Waals surface area contributed by atoms with Crippen molar-refractivity contribution in [1.82, 2.24) is 20.4 Å². The number of aryl methyl sites for hydroxylation is 1. The van der Waals surface area contributed by atoms with Gasteiger partial charge in [-0.2, -0.15) is 5.26 Å². The lowest BCUT2D eigenvalue weighted by molar-refractivity contribution is 0.0535. The van der Waals surface area contributed by atoms with Gasteiger partial charge in [0, 0.05) is 43.0 Å². The zero-order valence-corrected chi connectivity index (χ0v) is 18.9. The fourth-order valence-corrected chi connectivity index (χ4v) is 4.77. The van der Waals surface area contributed by atoms with Gasteiger partial charge in [0.15, 0.2) is 5.76 Å². The summed E-state index contributed by atoms with van der Waals surface area (Å²) < 4.78 is 10.8. The maximum atomic E-state index is 11.9. The molecule has 2 aromatic heterocycles. The average molecular weight is 444 g/mol. The lowest BCUT2D eigenvalue weighted by atomic mass is 9.92. The monoisotopic (exact) mass is 443 g/mol. The van der Waals surface area contributed by atoms with E-state index < -0.39 is 0 Å². The Morgan fingerprint density at radius 2 is 2.09 bits per heavy atom. The number of esters is 1. The maximum Gasteiger partial charge on any atom is 0.338 e. The molecule has 1 unspecified atom stereocenters. The van der Waals surface area contributed by atoms with Gasteiger partial charge in [0.25, 0.3) is 0 Å². The van der Waals surface area contributed by atoms with Gasteiger partial charge in [0.1, 0.15) is 18.4 Å². The van der Waals surface area contributed by atoms with E-state index >= 15 is 0 Å². The van der Waals surface area contributed by atoms with Gasteiger partial charge in [-0.3, -0.25) is 9.88 Å². The molecule has 0 spiro atoms. The summed E-state index contributed by atoms with van der Waals surface area (Å²) in [6, 6.07) is 10.3. The van der Waals surface area contributed by atoms with Crippen molar-refractivity contribution in [2.75, 3.05) is 13.1 Å². The minimum atomic E-state index is -0.237. The predicted molar refractivity (Wildman–Crippen MR) is 120 cm³/mol. The van der Waals surface area contributed by atoms with E-state index in [-0.39, 0.29) is 12.0 Å². The molecule has 0 saturated carbocycles. The number of fused-ring (bicyclic) bond motifs is 1. The number of pyridine rings is 1. The van der Waals surface area contributed by atoms with Gasteiger partial charge in [0.2, 0.25) is 0 Å². The van der Waals surface area contributed by atoms with Crippen LogP contribution in [-0.2, 0) is 17.9 Å². The van der Waals surface area contributed by atoms with E-state index in [0.717, 1.165) is 35.5 Å². The molecule has 4 heterocycles. The van der Waals surface area contributed by atoms with Gasteiger partial charge >= 0.3 is 5.97 Å². The summed E-state index contributed by atoms with van der Waals surface area (Å²) in [6.45, 7) is 8.80. The first-order valence-corrected chi connectivity index (χ1v) is 11.0. The van der Waals surface area contributed by atoms with Crippen molar-refractivity contribution in [3.8, 4) is 17.5 Å². The molecular formula is C25H25N5O3. The van der Waals surface area contributed by atoms with Crippen LogP contribution in [0.2, 0.25) is 0 Å². The van der Waals surface area contributed by atoms with Crippen LogP contribution in [0.3, 0.4) is 0 Å². The number of hydrogen-bond donors (Lipinski definition) is 1. The molecule has 5 rings (SSSR count). The number of aromatic nitrogens is 2. The Bertz CT molecular complexity index is 1280. The van der Waals surface area contributed by atoms with Crippen molar-refractivity contribution in [2.45, 2.75) is 46.0 Å². The van der Waals surface area contributed by atoms with Crippen LogP contribution in [0, 0.1) is 25.2 Å². The van der Waals surface area contributed by atoms with E-state index in [2.05, 4.69) is 40.3 Å². The van der Waals surface area contributed by atoms with E-state index in [1.807, 2.05) is 31.2 Å². The fourth-order valence-electron chi connectivity index (χ4n) is 4.77. The Morgan fingerprint density at radius 3 is 2.88 bits per heavy atom. The van der Waals surface area contributed by atoms with Crippen LogP contribution >= 0.6 is 0 Å². The van der Waals surface area contributed by atoms with E-state index in [1.54, 1.807) is 6.20 Å². The highest BCUT2D eigenvalue weighted by Crippen LogP contribution is 2.31. The van der Waals surface area contributed by atoms with Crippen molar-refractivity contribution in [1.29, 1.82) is 5.26 Å². The molecule has 0 bridgehead atoms. The lowest BCUT2D eigenvalue weighted by Gasteiger charge is -2.38. The van der Waals surface area contributed by atoms with Gasteiger partial charge in [-0.15, -0.1) is 0 Å². The molecule has 8 nitrogen and oxygen atoms in total. The quantitative estimate of drug-likeness (QED) is 0.612. The molecule has 1 N–H and O–H groups in total. The Balaban J connectivity index is 1.33. The van der Waals surface area contributed by atoms with Crippen LogP contribution in [0.25, 0.3) is 11.4 Å². The molecule has 0 radical (unpaired) electrons. The summed E-state index contributed by atoms with van der Waals surface area (Å²) in [7, 11) is 0. The average Bonchev–Trinajstić information content (AvgIpc) is 3.41. The normalized spacial score (nSPS) is 20.4. The summed E-state index contributed by atoms with van der Waals surface area (Å²) in [5.74, 6) is 0.533. The number of cyclic esters (lactones) is 1. The second-order valence-electron chi connectivity index (χ2n) is 8.87. The highest BCUT2D eigenvalue weighted by Gasteiger charge is 2.30. The molecule has 8 heteroatoms. The fraction of sp³-hybridized carbons (Fsp3) is 0.360. The summed E-state index contributed by atoms with van der Waals surface area (Å²) in [4.78, 5) is 18.6. The topological polar surface area (TPSA) is 104 Å². The van der Waals surface area contributed by atoms with Crippen molar-refractivity contribution >= 4 is 5.97 Å². The second kappa shape index (κ2) is 8.43. The summed E-state index contributed by atoms with van der Waals surface area (Å²) >= 11 is 0. The van der Waals surface area contributed by atoms with Gasteiger partial charge in [-0.05, 0) is 49.6 Å². The molecule has 0 aliphatic carbocycles. The van der Waals surface area contributed by atoms with Crippen molar-refractivity contribution in [3.05, 3.63) is 69.6 Å². The van der Waals surface area contributed by atoms with E-state index in [4.69, 9.17) is 14.5 Å². The molecular weight excluding hydrogens is 418 g/mol. The molecule has 1 saturated heterocycles. The first-order valence-electron chi connectivity index (χ1n) is 11.0. The Labute approximate surface area is 192 Å². The number of carbonyl (C=O) groups is 1. The molecule has 168 valence electrons. The number of nitrogens with one attached hydrogen (secondary N) is 1. The molecule has 1 fully saturated rings. The van der Waals surface area contributed by atoms with Gasteiger partial charge in [-0.25, -0.2) is 4.79 Å². The highest BCUT2D eigenvalue weighted by molar-refractivity contribution is 5.94. The first-order chi connectivity index (χ1) is 15.9. The minimum absolute atomic E-state index is 0.139. The van der Waals surface area contributed by atoms with Crippen molar-refractivity contribution in [3.63, 3.8) is 0 Å². The second-order valence-corrected chi connectivity index (χ2v) is 8.87. The molecule has 2 aliphatic heterocycles. The summed E-state index contributed by atoms with van der Waals surface area (Å²) in [5, 5.41) is 17.0. The van der Waals surface area contributed by atoms with Crippen LogP contribution < -0.4 is 5.32 Å². The van der Waals surface area contributed by atoms with Gasteiger partial charge < -0.3 is 14.6 Å². The van der Waals surface area contributed by atoms with Crippen LogP contribution in [0.1, 0.15) is 56.9 Å². The summed E-state index contributed by atoms with van der Waals surface area (Å²) in [6.07, 6.45) is 1.57. The number of benzene rings is 1. The van der Waals surface area contributed by atoms with Crippen LogP contribution in [0.5, 0.6) is 0 Å². The number of nitriles is 1. The largest absolute Gasteiger partial charge is 0.457 e. The van der Waals surface area contributed by atoms with Gasteiger partial charge in [-0.1, -0.05) is 11.2 Å². The van der Waals surface area contributed by atoms with Gasteiger partial charge in [0.05, 0.1) is 23.4 Å². The van der Waals surface area contributed by atoms with Crippen LogP contribution in [-0.4, -0.2) is 40.1 Å². The third-order valence-corrected chi connectivity index (χ3v) is 6.47. The van der Waals surface area contributed by atoms with Crippen LogP contribution in [0.15, 0.2) is 35.0 Å².